The van der Waals surface area contributed by atoms with Crippen LogP contribution in [0.25, 0.3) is 0 Å². The number of amides is 1. The van der Waals surface area contributed by atoms with Gasteiger partial charge in [-0.15, -0.1) is 0 Å². The molecule has 1 aliphatic heterocycles. The van der Waals surface area contributed by atoms with E-state index >= 15 is 0 Å². The highest BCUT2D eigenvalue weighted by Crippen LogP contribution is 2.26. The first-order valence-corrected chi connectivity index (χ1v) is 13.0. The summed E-state index contributed by atoms with van der Waals surface area (Å²) in [5, 5.41) is 2.97. The molecule has 7 heteroatoms. The van der Waals surface area contributed by atoms with E-state index in [0.717, 1.165) is 44.7 Å². The van der Waals surface area contributed by atoms with Gasteiger partial charge in [0.25, 0.3) is 5.91 Å². The third-order valence-corrected chi connectivity index (χ3v) is 8.85. The van der Waals surface area contributed by atoms with Gasteiger partial charge in [-0.3, -0.25) is 4.79 Å². The number of hydrogen-bond donors (Lipinski definition) is 2. The SMILES string of the molecule is C[C@H]1CCCC[NH+]1CCCNC(=O)c1ccc(S(=O)(=O)N(C)C2CCCCC2)cc1. The van der Waals surface area contributed by atoms with Gasteiger partial charge in [0, 0.05) is 31.6 Å². The van der Waals surface area contributed by atoms with E-state index in [9.17, 15) is 13.2 Å². The Morgan fingerprint density at radius 2 is 1.73 bits per heavy atom. The number of likely N-dealkylation sites (tertiary alicyclic amines) is 1. The Morgan fingerprint density at radius 3 is 2.40 bits per heavy atom. The molecule has 1 saturated heterocycles. The van der Waals surface area contributed by atoms with E-state index in [0.29, 0.717) is 12.1 Å². The van der Waals surface area contributed by atoms with Crippen molar-refractivity contribution in [3.63, 3.8) is 0 Å². The van der Waals surface area contributed by atoms with Crippen LogP contribution in [-0.4, -0.2) is 57.4 Å². The number of rotatable bonds is 8. The van der Waals surface area contributed by atoms with Crippen LogP contribution >= 0.6 is 0 Å². The summed E-state index contributed by atoms with van der Waals surface area (Å²) in [6, 6.07) is 7.16. The molecule has 2 atom stereocenters. The van der Waals surface area contributed by atoms with Gasteiger partial charge in [-0.25, -0.2) is 8.42 Å². The lowest BCUT2D eigenvalue weighted by molar-refractivity contribution is -0.928. The lowest BCUT2D eigenvalue weighted by Crippen LogP contribution is -3.16. The molecule has 0 spiro atoms. The van der Waals surface area contributed by atoms with E-state index in [-0.39, 0.29) is 16.8 Å². The molecular weight excluding hydrogens is 398 g/mol. The van der Waals surface area contributed by atoms with Gasteiger partial charge in [0.2, 0.25) is 10.0 Å². The third kappa shape index (κ3) is 5.83. The smallest absolute Gasteiger partial charge is 0.251 e. The number of quaternary nitrogens is 1. The fourth-order valence-corrected chi connectivity index (χ4v) is 6.25. The molecule has 3 rings (SSSR count). The maximum atomic E-state index is 12.9. The van der Waals surface area contributed by atoms with Crippen molar-refractivity contribution < 1.29 is 18.1 Å². The average molecular weight is 437 g/mol. The molecule has 30 heavy (non-hydrogen) atoms. The average Bonchev–Trinajstić information content (AvgIpc) is 2.77. The van der Waals surface area contributed by atoms with Crippen LogP contribution in [0.4, 0.5) is 0 Å². The Hall–Kier alpha value is -1.44. The second-order valence-corrected chi connectivity index (χ2v) is 11.0. The molecule has 0 aromatic heterocycles. The third-order valence-electron chi connectivity index (χ3n) is 6.92. The molecule has 2 fully saturated rings. The van der Waals surface area contributed by atoms with Crippen LogP contribution < -0.4 is 10.2 Å². The number of sulfonamides is 1. The van der Waals surface area contributed by atoms with Crippen molar-refractivity contribution in [1.82, 2.24) is 9.62 Å². The Bertz CT molecular complexity index is 788. The standard InChI is InChI=1S/C23H37N3O3S/c1-19-9-6-7-17-26(19)18-8-16-24-23(27)20-12-14-22(15-13-20)30(28,29)25(2)21-10-4-3-5-11-21/h12-15,19,21H,3-11,16-18H2,1-2H3,(H,24,27)/p+1/t19-/m0/s1. The summed E-state index contributed by atoms with van der Waals surface area (Å²) >= 11 is 0. The number of nitrogens with one attached hydrogen (secondary N) is 2. The monoisotopic (exact) mass is 436 g/mol. The van der Waals surface area contributed by atoms with Gasteiger partial charge in [-0.05, 0) is 63.3 Å². The summed E-state index contributed by atoms with van der Waals surface area (Å²) in [6.07, 6.45) is 10.1. The van der Waals surface area contributed by atoms with Crippen molar-refractivity contribution in [2.24, 2.45) is 0 Å². The zero-order chi connectivity index (χ0) is 21.6. The highest BCUT2D eigenvalue weighted by Gasteiger charge is 2.29. The molecule has 6 nitrogen and oxygen atoms in total. The molecule has 1 amide bonds. The normalized spacial score (nSPS) is 23.4. The minimum atomic E-state index is -3.52. The lowest BCUT2D eigenvalue weighted by Gasteiger charge is -2.30. The summed E-state index contributed by atoms with van der Waals surface area (Å²) < 4.78 is 27.4. The van der Waals surface area contributed by atoms with E-state index in [4.69, 9.17) is 0 Å². The fourth-order valence-electron chi connectivity index (χ4n) is 4.83. The van der Waals surface area contributed by atoms with Crippen LogP contribution in [0.5, 0.6) is 0 Å². The molecule has 1 aliphatic carbocycles. The molecule has 0 radical (unpaired) electrons. The number of carbonyl (C=O) groups is 1. The largest absolute Gasteiger partial charge is 0.352 e. The molecule has 1 saturated carbocycles. The summed E-state index contributed by atoms with van der Waals surface area (Å²) in [6.45, 7) is 5.29. The summed E-state index contributed by atoms with van der Waals surface area (Å²) in [5.74, 6) is -0.138. The van der Waals surface area contributed by atoms with Crippen LogP contribution in [-0.2, 0) is 10.0 Å². The highest BCUT2D eigenvalue weighted by atomic mass is 32.2. The highest BCUT2D eigenvalue weighted by molar-refractivity contribution is 7.89. The lowest BCUT2D eigenvalue weighted by atomic mass is 9.96. The molecule has 1 aromatic rings. The van der Waals surface area contributed by atoms with E-state index in [1.807, 2.05) is 0 Å². The van der Waals surface area contributed by atoms with Gasteiger partial charge in [0.1, 0.15) is 0 Å². The van der Waals surface area contributed by atoms with Crippen LogP contribution in [0.2, 0.25) is 0 Å². The van der Waals surface area contributed by atoms with Gasteiger partial charge in [0.15, 0.2) is 0 Å². The first kappa shape index (κ1) is 23.2. The molecule has 0 bridgehead atoms. The number of benzene rings is 1. The van der Waals surface area contributed by atoms with Crippen LogP contribution in [0, 0.1) is 0 Å². The van der Waals surface area contributed by atoms with Gasteiger partial charge in [-0.1, -0.05) is 19.3 Å². The molecular formula is C23H38N3O3S+. The fraction of sp³-hybridized carbons (Fsp3) is 0.696. The predicted molar refractivity (Wildman–Crippen MR) is 119 cm³/mol. The minimum Gasteiger partial charge on any atom is -0.352 e. The molecule has 1 aromatic carbocycles. The molecule has 1 heterocycles. The quantitative estimate of drug-likeness (QED) is 0.614. The summed E-state index contributed by atoms with van der Waals surface area (Å²) in [7, 11) is -1.84. The second kappa shape index (κ2) is 10.7. The Labute approximate surface area is 182 Å². The van der Waals surface area contributed by atoms with Gasteiger partial charge >= 0.3 is 0 Å². The molecule has 2 N–H and O–H groups in total. The summed E-state index contributed by atoms with van der Waals surface area (Å²) in [5.41, 5.74) is 0.507. The molecule has 168 valence electrons. The van der Waals surface area contributed by atoms with E-state index in [1.54, 1.807) is 36.2 Å². The van der Waals surface area contributed by atoms with Gasteiger partial charge < -0.3 is 10.2 Å². The second-order valence-electron chi connectivity index (χ2n) is 9.00. The van der Waals surface area contributed by atoms with E-state index in [2.05, 4.69) is 12.2 Å². The van der Waals surface area contributed by atoms with Crippen molar-refractivity contribution in [3.8, 4) is 0 Å². The molecule has 1 unspecified atom stereocenters. The van der Waals surface area contributed by atoms with Crippen LogP contribution in [0.3, 0.4) is 0 Å². The minimum absolute atomic E-state index is 0.0801. The number of piperidine rings is 1. The van der Waals surface area contributed by atoms with Gasteiger partial charge in [0.05, 0.1) is 24.0 Å². The van der Waals surface area contributed by atoms with Crippen molar-refractivity contribution >= 4 is 15.9 Å². The van der Waals surface area contributed by atoms with E-state index < -0.39 is 10.0 Å². The van der Waals surface area contributed by atoms with Gasteiger partial charge in [-0.2, -0.15) is 4.31 Å². The maximum absolute atomic E-state index is 12.9. The van der Waals surface area contributed by atoms with Crippen molar-refractivity contribution in [2.45, 2.75) is 81.7 Å². The van der Waals surface area contributed by atoms with Crippen molar-refractivity contribution in [1.29, 1.82) is 0 Å². The van der Waals surface area contributed by atoms with Crippen LogP contribution in [0.15, 0.2) is 29.2 Å². The zero-order valence-corrected chi connectivity index (χ0v) is 19.3. The number of hydrogen-bond acceptors (Lipinski definition) is 3. The Kier molecular flexibility index (Phi) is 8.31. The zero-order valence-electron chi connectivity index (χ0n) is 18.5. The predicted octanol–water partition coefficient (Wildman–Crippen LogP) is 2.22. The Balaban J connectivity index is 1.49. The van der Waals surface area contributed by atoms with Crippen molar-refractivity contribution in [3.05, 3.63) is 29.8 Å². The van der Waals surface area contributed by atoms with Crippen molar-refractivity contribution in [2.75, 3.05) is 26.7 Å². The molecule has 2 aliphatic rings. The number of nitrogens with zero attached hydrogens (tertiary/aromatic N) is 1. The Morgan fingerprint density at radius 1 is 1.07 bits per heavy atom. The van der Waals surface area contributed by atoms with E-state index in [1.165, 1.54) is 36.5 Å². The topological polar surface area (TPSA) is 70.9 Å². The number of carbonyl (C=O) groups excluding carboxylic acids is 1. The van der Waals surface area contributed by atoms with Crippen LogP contribution in [0.1, 0.15) is 75.1 Å². The maximum Gasteiger partial charge on any atom is 0.251 e. The first-order valence-electron chi connectivity index (χ1n) is 11.6. The summed E-state index contributed by atoms with van der Waals surface area (Å²) in [4.78, 5) is 14.3. The first-order chi connectivity index (χ1) is 14.4.